The summed E-state index contributed by atoms with van der Waals surface area (Å²) in [7, 11) is 1.84. The molecule has 3 aromatic heterocycles. The van der Waals surface area contributed by atoms with Crippen LogP contribution in [-0.4, -0.2) is 40.3 Å². The predicted octanol–water partition coefficient (Wildman–Crippen LogP) is 3.73. The molecule has 0 aromatic carbocycles. The number of pyridine rings is 1. The summed E-state index contributed by atoms with van der Waals surface area (Å²) in [5.74, 6) is 2.01. The number of likely N-dealkylation sites (N-methyl/N-ethyl adjacent to an activating group) is 1. The SMILES string of the molecule is CN(CCc1ccncc1)C(=O)CSCc1cc(-c2cccs2)on1. The Bertz CT molecular complexity index is 788. The molecule has 7 heteroatoms. The van der Waals surface area contributed by atoms with E-state index in [0.29, 0.717) is 18.1 Å². The Hall–Kier alpha value is -2.12. The molecule has 0 fully saturated rings. The van der Waals surface area contributed by atoms with Crippen LogP contribution >= 0.6 is 23.1 Å². The highest BCUT2D eigenvalue weighted by Gasteiger charge is 2.11. The van der Waals surface area contributed by atoms with Crippen LogP contribution in [0.3, 0.4) is 0 Å². The van der Waals surface area contributed by atoms with E-state index in [4.69, 9.17) is 4.52 Å². The highest BCUT2D eigenvalue weighted by Crippen LogP contribution is 2.26. The van der Waals surface area contributed by atoms with Gasteiger partial charge in [-0.1, -0.05) is 11.2 Å². The van der Waals surface area contributed by atoms with Crippen LogP contribution in [0.25, 0.3) is 10.6 Å². The lowest BCUT2D eigenvalue weighted by Crippen LogP contribution is -2.30. The second-order valence-electron chi connectivity index (χ2n) is 5.57. The molecule has 130 valence electrons. The quantitative estimate of drug-likeness (QED) is 0.602. The molecule has 3 rings (SSSR count). The van der Waals surface area contributed by atoms with E-state index in [1.807, 2.05) is 42.8 Å². The summed E-state index contributed by atoms with van der Waals surface area (Å²) in [6.07, 6.45) is 4.38. The normalized spacial score (nSPS) is 10.8. The first-order valence-corrected chi connectivity index (χ1v) is 9.96. The summed E-state index contributed by atoms with van der Waals surface area (Å²) >= 11 is 3.18. The highest BCUT2D eigenvalue weighted by molar-refractivity contribution is 7.99. The van der Waals surface area contributed by atoms with Gasteiger partial charge in [0.05, 0.1) is 16.3 Å². The molecule has 0 spiro atoms. The predicted molar refractivity (Wildman–Crippen MR) is 102 cm³/mol. The van der Waals surface area contributed by atoms with Crippen molar-refractivity contribution in [1.82, 2.24) is 15.0 Å². The van der Waals surface area contributed by atoms with E-state index in [-0.39, 0.29) is 5.91 Å². The van der Waals surface area contributed by atoms with Crippen molar-refractivity contribution in [3.8, 4) is 10.6 Å². The first-order chi connectivity index (χ1) is 12.2. The Kier molecular flexibility index (Phi) is 6.25. The molecule has 5 nitrogen and oxygen atoms in total. The zero-order chi connectivity index (χ0) is 17.5. The maximum atomic E-state index is 12.2. The second kappa shape index (κ2) is 8.82. The van der Waals surface area contributed by atoms with E-state index >= 15 is 0 Å². The van der Waals surface area contributed by atoms with E-state index in [1.54, 1.807) is 40.4 Å². The molecule has 0 aliphatic carbocycles. The fourth-order valence-electron chi connectivity index (χ4n) is 2.24. The van der Waals surface area contributed by atoms with E-state index in [1.165, 1.54) is 5.56 Å². The number of hydrogen-bond donors (Lipinski definition) is 0. The fraction of sp³-hybridized carbons (Fsp3) is 0.278. The minimum absolute atomic E-state index is 0.126. The third-order valence-corrected chi connectivity index (χ3v) is 5.54. The molecule has 0 aliphatic heterocycles. The van der Waals surface area contributed by atoms with Crippen molar-refractivity contribution in [2.45, 2.75) is 12.2 Å². The summed E-state index contributed by atoms with van der Waals surface area (Å²) in [6.45, 7) is 0.704. The molecule has 0 atom stereocenters. The maximum Gasteiger partial charge on any atom is 0.232 e. The Morgan fingerprint density at radius 2 is 2.16 bits per heavy atom. The van der Waals surface area contributed by atoms with Gasteiger partial charge in [-0.05, 0) is 35.6 Å². The van der Waals surface area contributed by atoms with Gasteiger partial charge in [0.1, 0.15) is 0 Å². The van der Waals surface area contributed by atoms with Gasteiger partial charge in [-0.25, -0.2) is 0 Å². The maximum absolute atomic E-state index is 12.2. The van der Waals surface area contributed by atoms with Gasteiger partial charge in [-0.3, -0.25) is 9.78 Å². The molecule has 0 bridgehead atoms. The van der Waals surface area contributed by atoms with Crippen LogP contribution in [0.15, 0.2) is 52.6 Å². The van der Waals surface area contributed by atoms with Gasteiger partial charge in [0.2, 0.25) is 5.91 Å². The minimum atomic E-state index is 0.126. The van der Waals surface area contributed by atoms with Gasteiger partial charge in [-0.15, -0.1) is 23.1 Å². The first-order valence-electron chi connectivity index (χ1n) is 7.92. The Morgan fingerprint density at radius 1 is 1.32 bits per heavy atom. The van der Waals surface area contributed by atoms with Crippen molar-refractivity contribution < 1.29 is 9.32 Å². The molecule has 3 aromatic rings. The van der Waals surface area contributed by atoms with Gasteiger partial charge in [0.15, 0.2) is 5.76 Å². The average molecular weight is 374 g/mol. The number of nitrogens with zero attached hydrogens (tertiary/aromatic N) is 3. The van der Waals surface area contributed by atoms with Crippen LogP contribution in [0.1, 0.15) is 11.3 Å². The molecular weight excluding hydrogens is 354 g/mol. The summed E-state index contributed by atoms with van der Waals surface area (Å²) < 4.78 is 5.35. The Labute approximate surface area is 155 Å². The Balaban J connectivity index is 1.40. The number of thiophene rings is 1. The van der Waals surface area contributed by atoms with Gasteiger partial charge < -0.3 is 9.42 Å². The zero-order valence-corrected chi connectivity index (χ0v) is 15.6. The molecule has 25 heavy (non-hydrogen) atoms. The molecule has 0 saturated heterocycles. The molecule has 0 N–H and O–H groups in total. The monoisotopic (exact) mass is 373 g/mol. The van der Waals surface area contributed by atoms with Crippen LogP contribution in [-0.2, 0) is 17.0 Å². The third kappa shape index (κ3) is 5.17. The molecule has 0 aliphatic rings. The van der Waals surface area contributed by atoms with E-state index < -0.39 is 0 Å². The van der Waals surface area contributed by atoms with Crippen molar-refractivity contribution in [2.75, 3.05) is 19.3 Å². The minimum Gasteiger partial charge on any atom is -0.355 e. The molecular formula is C18H19N3O2S2. The first kappa shape index (κ1) is 17.7. The number of aromatic nitrogens is 2. The number of thioether (sulfide) groups is 1. The summed E-state index contributed by atoms with van der Waals surface area (Å²) in [5, 5.41) is 6.08. The highest BCUT2D eigenvalue weighted by atomic mass is 32.2. The molecule has 0 saturated carbocycles. The summed E-state index contributed by atoms with van der Waals surface area (Å²) in [5.41, 5.74) is 2.05. The number of carbonyl (C=O) groups is 1. The van der Waals surface area contributed by atoms with Crippen molar-refractivity contribution in [3.05, 3.63) is 59.4 Å². The Morgan fingerprint density at radius 3 is 2.92 bits per heavy atom. The standard InChI is InChI=1S/C18H19N3O2S2/c1-21(9-6-14-4-7-19-8-5-14)18(22)13-24-12-15-11-16(23-20-15)17-3-2-10-25-17/h2-5,7-8,10-11H,6,9,12-13H2,1H3. The smallest absolute Gasteiger partial charge is 0.232 e. The topological polar surface area (TPSA) is 59.2 Å². The second-order valence-corrected chi connectivity index (χ2v) is 7.51. The average Bonchev–Trinajstić information content (AvgIpc) is 3.32. The van der Waals surface area contributed by atoms with Crippen LogP contribution in [0, 0.1) is 0 Å². The molecule has 3 heterocycles. The van der Waals surface area contributed by atoms with Gasteiger partial charge >= 0.3 is 0 Å². The third-order valence-electron chi connectivity index (χ3n) is 3.71. The zero-order valence-electron chi connectivity index (χ0n) is 13.9. The van der Waals surface area contributed by atoms with Gasteiger partial charge in [0, 0.05) is 37.8 Å². The van der Waals surface area contributed by atoms with E-state index in [9.17, 15) is 4.79 Å². The summed E-state index contributed by atoms with van der Waals surface area (Å²) in [6, 6.07) is 9.88. The van der Waals surface area contributed by atoms with Crippen LogP contribution in [0.4, 0.5) is 0 Å². The van der Waals surface area contributed by atoms with Gasteiger partial charge in [-0.2, -0.15) is 0 Å². The summed E-state index contributed by atoms with van der Waals surface area (Å²) in [4.78, 5) is 19.0. The molecule has 0 unspecified atom stereocenters. The van der Waals surface area contributed by atoms with Crippen molar-refractivity contribution in [2.24, 2.45) is 0 Å². The fourth-order valence-corrected chi connectivity index (χ4v) is 3.75. The molecule has 0 radical (unpaired) electrons. The lowest BCUT2D eigenvalue weighted by Gasteiger charge is -2.16. The number of carbonyl (C=O) groups excluding carboxylic acids is 1. The van der Waals surface area contributed by atoms with Crippen molar-refractivity contribution >= 4 is 29.0 Å². The largest absolute Gasteiger partial charge is 0.355 e. The number of hydrogen-bond acceptors (Lipinski definition) is 6. The van der Waals surface area contributed by atoms with Crippen LogP contribution in [0.2, 0.25) is 0 Å². The number of rotatable bonds is 8. The molecule has 1 amide bonds. The van der Waals surface area contributed by atoms with E-state index in [2.05, 4.69) is 10.1 Å². The van der Waals surface area contributed by atoms with Crippen molar-refractivity contribution in [1.29, 1.82) is 0 Å². The van der Waals surface area contributed by atoms with Crippen molar-refractivity contribution in [3.63, 3.8) is 0 Å². The van der Waals surface area contributed by atoms with Gasteiger partial charge in [0.25, 0.3) is 0 Å². The van der Waals surface area contributed by atoms with Crippen LogP contribution in [0.5, 0.6) is 0 Å². The van der Waals surface area contributed by atoms with Crippen LogP contribution < -0.4 is 0 Å². The van der Waals surface area contributed by atoms with E-state index in [0.717, 1.165) is 22.8 Å². The number of amides is 1. The lowest BCUT2D eigenvalue weighted by atomic mass is 10.2. The lowest BCUT2D eigenvalue weighted by molar-refractivity contribution is -0.127.